The van der Waals surface area contributed by atoms with E-state index in [0.717, 1.165) is 128 Å². The van der Waals surface area contributed by atoms with E-state index in [1.165, 1.54) is 161 Å². The maximum atomic E-state index is 12.9. The average molecular weight is 1130 g/mol. The van der Waals surface area contributed by atoms with Gasteiger partial charge < -0.3 is 14.2 Å². The Morgan fingerprint density at radius 2 is 0.481 bits per heavy atom. The van der Waals surface area contributed by atoms with Crippen LogP contribution in [-0.4, -0.2) is 37.2 Å². The molecule has 0 saturated carbocycles. The Morgan fingerprint density at radius 3 is 0.778 bits per heavy atom. The van der Waals surface area contributed by atoms with Crippen LogP contribution < -0.4 is 0 Å². The molecule has 0 heterocycles. The molecule has 0 aromatic rings. The van der Waals surface area contributed by atoms with Gasteiger partial charge in [0.2, 0.25) is 0 Å². The van der Waals surface area contributed by atoms with E-state index >= 15 is 0 Å². The maximum absolute atomic E-state index is 12.9. The number of allylic oxidation sites excluding steroid dienone is 18. The summed E-state index contributed by atoms with van der Waals surface area (Å²) in [5.74, 6) is -0.894. The minimum atomic E-state index is -0.788. The Morgan fingerprint density at radius 1 is 0.259 bits per heavy atom. The zero-order chi connectivity index (χ0) is 58.5. The van der Waals surface area contributed by atoms with E-state index in [0.29, 0.717) is 19.3 Å². The summed E-state index contributed by atoms with van der Waals surface area (Å²) in [6.45, 7) is 6.53. The summed E-state index contributed by atoms with van der Waals surface area (Å²) in [4.78, 5) is 38.4. The second kappa shape index (κ2) is 68.6. The monoisotopic (exact) mass is 1120 g/mol. The largest absolute Gasteiger partial charge is 0.462 e. The summed E-state index contributed by atoms with van der Waals surface area (Å²) < 4.78 is 16.9. The third-order valence-corrected chi connectivity index (χ3v) is 14.8. The van der Waals surface area contributed by atoms with Crippen molar-refractivity contribution in [3.05, 3.63) is 109 Å². The lowest BCUT2D eigenvalue weighted by Crippen LogP contribution is -2.30. The van der Waals surface area contributed by atoms with Gasteiger partial charge in [-0.1, -0.05) is 310 Å². The first-order valence-corrected chi connectivity index (χ1v) is 34.4. The predicted molar refractivity (Wildman–Crippen MR) is 353 cm³/mol. The van der Waals surface area contributed by atoms with Crippen LogP contribution in [0.1, 0.15) is 329 Å². The zero-order valence-corrected chi connectivity index (χ0v) is 53.3. The standard InChI is InChI=1S/C75H128O6/c1-4-7-10-13-16-19-22-25-27-29-31-32-33-34-35-36-37-38-39-40-41-42-44-45-47-50-53-56-59-62-65-68-74(77)80-71-72(70-79-73(76)67-64-61-58-55-52-49-24-21-18-15-12-9-6-3)81-75(78)69-66-63-60-57-54-51-48-46-43-30-28-26-23-20-17-14-11-8-5-2/h7,10,16,19,21,24-25,27,31-32,34-35,37-38,40-41,44-45,72H,4-6,8-9,11-15,17-18,20,22-23,26,28-30,33,36,39,42-43,46-71H2,1-3H3/b10-7-,19-16-,24-21-,27-25-,32-31-,35-34-,38-37-,41-40-,45-44-. The molecule has 0 bridgehead atoms. The van der Waals surface area contributed by atoms with Crippen molar-refractivity contribution in [2.45, 2.75) is 335 Å². The number of carbonyl (C=O) groups is 3. The van der Waals surface area contributed by atoms with Crippen molar-refractivity contribution < 1.29 is 28.6 Å². The van der Waals surface area contributed by atoms with E-state index in [-0.39, 0.29) is 31.1 Å². The van der Waals surface area contributed by atoms with E-state index in [4.69, 9.17) is 14.2 Å². The Hall–Kier alpha value is -3.93. The molecule has 464 valence electrons. The number of hydrogen-bond donors (Lipinski definition) is 0. The van der Waals surface area contributed by atoms with Gasteiger partial charge in [0.1, 0.15) is 13.2 Å². The minimum Gasteiger partial charge on any atom is -0.462 e. The van der Waals surface area contributed by atoms with Gasteiger partial charge in [0.25, 0.3) is 0 Å². The lowest BCUT2D eigenvalue weighted by atomic mass is 10.0. The number of unbranched alkanes of at least 4 members (excludes halogenated alkanes) is 33. The molecule has 0 aromatic carbocycles. The summed E-state index contributed by atoms with van der Waals surface area (Å²) in [7, 11) is 0. The predicted octanol–water partition coefficient (Wildman–Crippen LogP) is 23.8. The van der Waals surface area contributed by atoms with Crippen LogP contribution in [0, 0.1) is 0 Å². The number of carbonyl (C=O) groups excluding carboxylic acids is 3. The van der Waals surface area contributed by atoms with Gasteiger partial charge in [-0.2, -0.15) is 0 Å². The van der Waals surface area contributed by atoms with Gasteiger partial charge in [-0.05, 0) is 109 Å². The molecular formula is C75H128O6. The number of hydrogen-bond acceptors (Lipinski definition) is 6. The van der Waals surface area contributed by atoms with Gasteiger partial charge in [-0.25, -0.2) is 0 Å². The molecule has 0 aliphatic rings. The van der Waals surface area contributed by atoms with Crippen molar-refractivity contribution in [1.29, 1.82) is 0 Å². The molecule has 0 aliphatic carbocycles. The van der Waals surface area contributed by atoms with Gasteiger partial charge in [0.15, 0.2) is 6.10 Å². The molecule has 0 aliphatic heterocycles. The number of esters is 3. The molecule has 0 saturated heterocycles. The minimum absolute atomic E-state index is 0.0845. The Labute approximate surface area is 501 Å². The number of ether oxygens (including phenoxy) is 3. The molecule has 0 N–H and O–H groups in total. The third kappa shape index (κ3) is 66.8. The smallest absolute Gasteiger partial charge is 0.306 e. The lowest BCUT2D eigenvalue weighted by Gasteiger charge is -2.18. The first-order chi connectivity index (χ1) is 40.0. The van der Waals surface area contributed by atoms with Gasteiger partial charge in [0.05, 0.1) is 0 Å². The molecule has 0 fully saturated rings. The highest BCUT2D eigenvalue weighted by Gasteiger charge is 2.19. The van der Waals surface area contributed by atoms with Crippen molar-refractivity contribution in [1.82, 2.24) is 0 Å². The molecule has 6 nitrogen and oxygen atoms in total. The molecule has 1 unspecified atom stereocenters. The van der Waals surface area contributed by atoms with Crippen molar-refractivity contribution in [3.63, 3.8) is 0 Å². The molecule has 0 spiro atoms. The Kier molecular flexibility index (Phi) is 65.2. The molecule has 6 heteroatoms. The van der Waals surface area contributed by atoms with E-state index < -0.39 is 6.10 Å². The molecular weight excluding hydrogens is 997 g/mol. The van der Waals surface area contributed by atoms with Gasteiger partial charge >= 0.3 is 17.9 Å². The second-order valence-corrected chi connectivity index (χ2v) is 22.7. The van der Waals surface area contributed by atoms with Crippen LogP contribution in [0.5, 0.6) is 0 Å². The van der Waals surface area contributed by atoms with Gasteiger partial charge in [-0.15, -0.1) is 0 Å². The summed E-state index contributed by atoms with van der Waals surface area (Å²) in [5.41, 5.74) is 0. The van der Waals surface area contributed by atoms with Gasteiger partial charge in [-0.3, -0.25) is 14.4 Å². The van der Waals surface area contributed by atoms with Crippen LogP contribution in [0.25, 0.3) is 0 Å². The fraction of sp³-hybridized carbons (Fsp3) is 0.720. The summed E-state index contributed by atoms with van der Waals surface area (Å²) in [6.07, 6.45) is 93.9. The lowest BCUT2D eigenvalue weighted by molar-refractivity contribution is -0.167. The Bertz CT molecular complexity index is 1620. The fourth-order valence-corrected chi connectivity index (χ4v) is 9.63. The number of rotatable bonds is 62. The normalized spacial score (nSPS) is 12.8. The average Bonchev–Trinajstić information content (AvgIpc) is 3.46. The molecule has 81 heavy (non-hydrogen) atoms. The van der Waals surface area contributed by atoms with Crippen molar-refractivity contribution in [2.75, 3.05) is 13.2 Å². The quantitative estimate of drug-likeness (QED) is 0.0261. The molecule has 0 rings (SSSR count). The summed E-state index contributed by atoms with van der Waals surface area (Å²) in [6, 6.07) is 0. The van der Waals surface area contributed by atoms with E-state index in [1.54, 1.807) is 0 Å². The maximum Gasteiger partial charge on any atom is 0.306 e. The Balaban J connectivity index is 4.32. The van der Waals surface area contributed by atoms with Crippen LogP contribution in [0.15, 0.2) is 109 Å². The van der Waals surface area contributed by atoms with Crippen LogP contribution >= 0.6 is 0 Å². The van der Waals surface area contributed by atoms with Gasteiger partial charge in [0, 0.05) is 19.3 Å². The van der Waals surface area contributed by atoms with Crippen molar-refractivity contribution in [3.8, 4) is 0 Å². The first kappa shape index (κ1) is 77.1. The third-order valence-electron chi connectivity index (χ3n) is 14.8. The van der Waals surface area contributed by atoms with Crippen LogP contribution in [-0.2, 0) is 28.6 Å². The van der Waals surface area contributed by atoms with Crippen LogP contribution in [0.2, 0.25) is 0 Å². The van der Waals surface area contributed by atoms with E-state index in [2.05, 4.69) is 130 Å². The molecule has 0 amide bonds. The summed E-state index contributed by atoms with van der Waals surface area (Å²) in [5, 5.41) is 0. The second-order valence-electron chi connectivity index (χ2n) is 22.7. The highest BCUT2D eigenvalue weighted by Crippen LogP contribution is 2.17. The molecule has 0 radical (unpaired) electrons. The molecule has 1 atom stereocenters. The topological polar surface area (TPSA) is 78.9 Å². The van der Waals surface area contributed by atoms with E-state index in [1.807, 2.05) is 0 Å². The zero-order valence-electron chi connectivity index (χ0n) is 53.3. The fourth-order valence-electron chi connectivity index (χ4n) is 9.63. The van der Waals surface area contributed by atoms with Crippen molar-refractivity contribution >= 4 is 17.9 Å². The first-order valence-electron chi connectivity index (χ1n) is 34.4. The SMILES string of the molecule is CC/C=C\C/C=C\C/C=C\C/C=C\C/C=C\C/C=C\C/C=C\C/C=C\CCCCCCCCC(=O)OCC(COC(=O)CCCCCCC/C=C\CCCCCC)OC(=O)CCCCCCCCCCCCCCCCCCCCC. The van der Waals surface area contributed by atoms with E-state index in [9.17, 15) is 14.4 Å². The highest BCUT2D eigenvalue weighted by atomic mass is 16.6. The summed E-state index contributed by atoms with van der Waals surface area (Å²) >= 11 is 0. The van der Waals surface area contributed by atoms with Crippen LogP contribution in [0.3, 0.4) is 0 Å². The van der Waals surface area contributed by atoms with Crippen molar-refractivity contribution in [2.24, 2.45) is 0 Å². The van der Waals surface area contributed by atoms with Crippen LogP contribution in [0.4, 0.5) is 0 Å². The highest BCUT2D eigenvalue weighted by molar-refractivity contribution is 5.71. The molecule has 0 aromatic heterocycles.